The molecule has 2 atom stereocenters. The van der Waals surface area contributed by atoms with Crippen LogP contribution in [-0.2, 0) is 0 Å². The highest BCUT2D eigenvalue weighted by atomic mass is 16.5. The van der Waals surface area contributed by atoms with E-state index in [1.165, 1.54) is 24.3 Å². The van der Waals surface area contributed by atoms with Gasteiger partial charge in [-0.1, -0.05) is 26.0 Å². The van der Waals surface area contributed by atoms with Crippen LogP contribution < -0.4 is 4.74 Å². The lowest BCUT2D eigenvalue weighted by molar-refractivity contribution is 0.0203. The van der Waals surface area contributed by atoms with Gasteiger partial charge in [-0.2, -0.15) is 0 Å². The molecule has 0 aromatic heterocycles. The van der Waals surface area contributed by atoms with Gasteiger partial charge in [-0.3, -0.25) is 4.79 Å². The second-order valence-corrected chi connectivity index (χ2v) is 6.72. The molecule has 5 N–H and O–H groups in total. The van der Waals surface area contributed by atoms with Crippen molar-refractivity contribution < 1.29 is 35.1 Å². The van der Waals surface area contributed by atoms with Gasteiger partial charge in [0.2, 0.25) is 5.78 Å². The molecule has 0 bridgehead atoms. The van der Waals surface area contributed by atoms with Crippen molar-refractivity contribution in [3.05, 3.63) is 47.0 Å². The molecule has 1 heterocycles. The minimum atomic E-state index is -1.69. The number of hydrogen-bond acceptors (Lipinski definition) is 7. The Balaban J connectivity index is 2.09. The highest BCUT2D eigenvalue weighted by Gasteiger charge is 2.41. The van der Waals surface area contributed by atoms with Crippen LogP contribution in [-0.4, -0.2) is 37.4 Å². The standard InChI is InChI=1S/C20H20O7/c1-9(2)3-5-11-14(23)8-15-16(17(11)24)18(25)19(26)20(27-15)12-6-4-10(21)7-13(12)22/h3-9,19-24,26H,1-2H3/b5-3+/t19-,20+/m1/s1. The van der Waals surface area contributed by atoms with Crippen LogP contribution in [0.1, 0.15) is 41.4 Å². The van der Waals surface area contributed by atoms with Crippen molar-refractivity contribution in [2.24, 2.45) is 5.92 Å². The number of benzene rings is 2. The number of aromatic hydroxyl groups is 4. The zero-order valence-electron chi connectivity index (χ0n) is 14.7. The van der Waals surface area contributed by atoms with E-state index in [1.54, 1.807) is 6.08 Å². The zero-order valence-corrected chi connectivity index (χ0v) is 14.7. The van der Waals surface area contributed by atoms with Crippen molar-refractivity contribution in [2.45, 2.75) is 26.1 Å². The van der Waals surface area contributed by atoms with Crippen molar-refractivity contribution in [3.63, 3.8) is 0 Å². The first-order chi connectivity index (χ1) is 12.7. The SMILES string of the molecule is CC(C)/C=C/c1c(O)cc2c(c1O)C(=O)[C@@H](O)[C@H](c1ccc(O)cc1O)O2. The maximum atomic E-state index is 12.7. The van der Waals surface area contributed by atoms with Crippen LogP contribution in [0.3, 0.4) is 0 Å². The summed E-state index contributed by atoms with van der Waals surface area (Å²) >= 11 is 0. The third kappa shape index (κ3) is 3.29. The van der Waals surface area contributed by atoms with Crippen LogP contribution in [0.5, 0.6) is 28.7 Å². The molecule has 1 aliphatic rings. The molecule has 2 aromatic carbocycles. The molecule has 0 radical (unpaired) electrons. The fraction of sp³-hybridized carbons (Fsp3) is 0.250. The van der Waals surface area contributed by atoms with Crippen LogP contribution in [0.15, 0.2) is 30.3 Å². The molecular weight excluding hydrogens is 352 g/mol. The molecule has 0 fully saturated rings. The van der Waals surface area contributed by atoms with Gasteiger partial charge in [0, 0.05) is 17.7 Å². The van der Waals surface area contributed by atoms with E-state index < -0.39 is 23.7 Å². The Morgan fingerprint density at radius 2 is 1.78 bits per heavy atom. The first-order valence-electron chi connectivity index (χ1n) is 8.38. The molecule has 7 nitrogen and oxygen atoms in total. The summed E-state index contributed by atoms with van der Waals surface area (Å²) in [7, 11) is 0. The second-order valence-electron chi connectivity index (χ2n) is 6.72. The summed E-state index contributed by atoms with van der Waals surface area (Å²) in [6.07, 6.45) is 0.280. The third-order valence-corrected chi connectivity index (χ3v) is 4.31. The van der Waals surface area contributed by atoms with Gasteiger partial charge in [0.1, 0.15) is 34.3 Å². The van der Waals surface area contributed by atoms with E-state index in [-0.39, 0.29) is 45.6 Å². The fourth-order valence-electron chi connectivity index (χ4n) is 2.92. The number of hydrogen-bond donors (Lipinski definition) is 5. The van der Waals surface area contributed by atoms with Crippen LogP contribution in [0.2, 0.25) is 0 Å². The van der Waals surface area contributed by atoms with Crippen molar-refractivity contribution in [3.8, 4) is 28.7 Å². The first-order valence-corrected chi connectivity index (χ1v) is 8.38. The Morgan fingerprint density at radius 3 is 2.41 bits per heavy atom. The van der Waals surface area contributed by atoms with Gasteiger partial charge >= 0.3 is 0 Å². The summed E-state index contributed by atoms with van der Waals surface area (Å²) in [4.78, 5) is 12.7. The van der Waals surface area contributed by atoms with Gasteiger partial charge in [0.25, 0.3) is 0 Å². The average Bonchev–Trinajstić information content (AvgIpc) is 2.57. The van der Waals surface area contributed by atoms with Gasteiger partial charge < -0.3 is 30.3 Å². The number of rotatable bonds is 3. The van der Waals surface area contributed by atoms with Gasteiger partial charge in [-0.15, -0.1) is 0 Å². The number of ketones is 1. The molecule has 3 rings (SSSR count). The predicted octanol–water partition coefficient (Wildman–Crippen LogP) is 2.86. The second kappa shape index (κ2) is 6.85. The summed E-state index contributed by atoms with van der Waals surface area (Å²) in [5.74, 6) is -2.09. The average molecular weight is 372 g/mol. The van der Waals surface area contributed by atoms with Gasteiger partial charge in [-0.05, 0) is 18.1 Å². The number of allylic oxidation sites excluding steroid dienone is 1. The molecular formula is C20H20O7. The summed E-state index contributed by atoms with van der Waals surface area (Å²) in [5.41, 5.74) is -0.0992. The molecule has 142 valence electrons. The quantitative estimate of drug-likeness (QED) is 0.560. The Kier molecular flexibility index (Phi) is 4.72. The maximum Gasteiger partial charge on any atom is 0.202 e. The fourth-order valence-corrected chi connectivity index (χ4v) is 2.92. The number of fused-ring (bicyclic) bond motifs is 1. The number of Topliss-reactive ketones (excluding diaryl/α,β-unsaturated/α-hetero) is 1. The summed E-state index contributed by atoms with van der Waals surface area (Å²) in [6, 6.07) is 4.83. The number of ether oxygens (including phenoxy) is 1. The van der Waals surface area contributed by atoms with Crippen molar-refractivity contribution in [1.29, 1.82) is 0 Å². The van der Waals surface area contributed by atoms with Crippen LogP contribution in [0.4, 0.5) is 0 Å². The first kappa shape index (κ1) is 18.6. The topological polar surface area (TPSA) is 127 Å². The maximum absolute atomic E-state index is 12.7. The van der Waals surface area contributed by atoms with Gasteiger partial charge in [0.05, 0.1) is 5.56 Å². The molecule has 0 aliphatic carbocycles. The van der Waals surface area contributed by atoms with Crippen molar-refractivity contribution in [2.75, 3.05) is 0 Å². The van der Waals surface area contributed by atoms with E-state index in [4.69, 9.17) is 4.74 Å². The summed E-state index contributed by atoms with van der Waals surface area (Å²) < 4.78 is 5.61. The van der Waals surface area contributed by atoms with Gasteiger partial charge in [0.15, 0.2) is 12.2 Å². The van der Waals surface area contributed by atoms with Crippen LogP contribution >= 0.6 is 0 Å². The molecule has 0 unspecified atom stereocenters. The lowest BCUT2D eigenvalue weighted by Gasteiger charge is -2.31. The Bertz CT molecular complexity index is 930. The number of phenolic OH excluding ortho intramolecular Hbond substituents is 4. The van der Waals surface area contributed by atoms with Crippen molar-refractivity contribution in [1.82, 2.24) is 0 Å². The minimum absolute atomic E-state index is 0.0533. The van der Waals surface area contributed by atoms with E-state index in [2.05, 4.69) is 0 Å². The Morgan fingerprint density at radius 1 is 1.07 bits per heavy atom. The zero-order chi connectivity index (χ0) is 19.9. The third-order valence-electron chi connectivity index (χ3n) is 4.31. The Hall–Kier alpha value is -3.19. The number of phenols is 4. The largest absolute Gasteiger partial charge is 0.508 e. The summed E-state index contributed by atoms with van der Waals surface area (Å²) in [6.45, 7) is 3.82. The van der Waals surface area contributed by atoms with E-state index in [0.29, 0.717) is 0 Å². The molecule has 1 aliphatic heterocycles. The predicted molar refractivity (Wildman–Crippen MR) is 97.1 cm³/mol. The molecule has 27 heavy (non-hydrogen) atoms. The monoisotopic (exact) mass is 372 g/mol. The molecule has 0 saturated heterocycles. The molecule has 0 spiro atoms. The number of aliphatic hydroxyl groups excluding tert-OH is 1. The number of carbonyl (C=O) groups is 1. The van der Waals surface area contributed by atoms with Crippen molar-refractivity contribution >= 4 is 11.9 Å². The van der Waals surface area contributed by atoms with Gasteiger partial charge in [-0.25, -0.2) is 0 Å². The number of carbonyl (C=O) groups excluding carboxylic acids is 1. The molecule has 2 aromatic rings. The van der Waals surface area contributed by atoms with E-state index in [1.807, 2.05) is 13.8 Å². The number of aliphatic hydroxyl groups is 1. The molecule has 7 heteroatoms. The van der Waals surface area contributed by atoms with E-state index in [0.717, 1.165) is 6.07 Å². The molecule has 0 saturated carbocycles. The van der Waals surface area contributed by atoms with E-state index in [9.17, 15) is 30.3 Å². The lowest BCUT2D eigenvalue weighted by atomic mass is 9.90. The van der Waals surface area contributed by atoms with E-state index >= 15 is 0 Å². The van der Waals surface area contributed by atoms with Crippen LogP contribution in [0, 0.1) is 5.92 Å². The van der Waals surface area contributed by atoms with Crippen LogP contribution in [0.25, 0.3) is 6.08 Å². The normalized spacial score (nSPS) is 19.3. The molecule has 0 amide bonds. The smallest absolute Gasteiger partial charge is 0.202 e. The minimum Gasteiger partial charge on any atom is -0.508 e. The highest BCUT2D eigenvalue weighted by molar-refractivity contribution is 6.06. The lowest BCUT2D eigenvalue weighted by Crippen LogP contribution is -2.36. The summed E-state index contributed by atoms with van der Waals surface area (Å²) in [5, 5.41) is 50.5. The Labute approximate surface area is 155 Å². The highest BCUT2D eigenvalue weighted by Crippen LogP contribution is 2.46.